The van der Waals surface area contributed by atoms with Gasteiger partial charge in [-0.25, -0.2) is 9.97 Å². The van der Waals surface area contributed by atoms with Crippen LogP contribution in [-0.2, 0) is 6.54 Å². The lowest BCUT2D eigenvalue weighted by molar-refractivity contribution is 0.409. The Morgan fingerprint density at radius 1 is 1.19 bits per heavy atom. The molecule has 136 valence electrons. The van der Waals surface area contributed by atoms with Crippen molar-refractivity contribution in [2.45, 2.75) is 32.4 Å². The third-order valence-corrected chi connectivity index (χ3v) is 5.08. The summed E-state index contributed by atoms with van der Waals surface area (Å²) in [5.41, 5.74) is 5.41. The molecule has 0 amide bonds. The van der Waals surface area contributed by atoms with E-state index in [-0.39, 0.29) is 0 Å². The topological polar surface area (TPSA) is 57.8 Å². The maximum Gasteiger partial charge on any atom is 0.146 e. The van der Waals surface area contributed by atoms with Gasteiger partial charge in [-0.1, -0.05) is 6.07 Å². The van der Waals surface area contributed by atoms with Gasteiger partial charge in [-0.05, 0) is 37.5 Å². The lowest BCUT2D eigenvalue weighted by atomic mass is 10.1. The predicted molar refractivity (Wildman–Crippen MR) is 104 cm³/mol. The molecule has 27 heavy (non-hydrogen) atoms. The van der Waals surface area contributed by atoms with E-state index >= 15 is 0 Å². The second-order valence-electron chi connectivity index (χ2n) is 7.14. The van der Waals surface area contributed by atoms with Gasteiger partial charge in [-0.3, -0.25) is 4.98 Å². The first-order chi connectivity index (χ1) is 13.2. The zero-order valence-electron chi connectivity index (χ0n) is 15.5. The van der Waals surface area contributed by atoms with Gasteiger partial charge in [-0.2, -0.15) is 0 Å². The van der Waals surface area contributed by atoms with Gasteiger partial charge in [0.25, 0.3) is 0 Å². The number of imidazole rings is 2. The predicted octanol–water partition coefficient (Wildman–Crippen LogP) is 4.00. The van der Waals surface area contributed by atoms with E-state index in [2.05, 4.69) is 39.7 Å². The lowest BCUT2D eigenvalue weighted by Gasteiger charge is -2.14. The first-order valence-electron chi connectivity index (χ1n) is 9.20. The third kappa shape index (κ3) is 2.77. The number of aryl methyl sites for hydroxylation is 1. The number of fused-ring (bicyclic) bond motifs is 1. The summed E-state index contributed by atoms with van der Waals surface area (Å²) in [6.07, 6.45) is 11.6. The molecule has 1 aliphatic carbocycles. The Labute approximate surface area is 157 Å². The van der Waals surface area contributed by atoms with Crippen LogP contribution in [0.15, 0.2) is 49.3 Å². The van der Waals surface area contributed by atoms with Crippen LogP contribution in [0.3, 0.4) is 0 Å². The molecule has 3 heterocycles. The molecule has 0 saturated heterocycles. The number of benzene rings is 1. The zero-order valence-corrected chi connectivity index (χ0v) is 15.5. The summed E-state index contributed by atoms with van der Waals surface area (Å²) in [4.78, 5) is 13.6. The Morgan fingerprint density at radius 3 is 2.81 bits per heavy atom. The van der Waals surface area contributed by atoms with Crippen molar-refractivity contribution in [3.63, 3.8) is 0 Å². The molecule has 4 aromatic rings. The molecule has 6 nitrogen and oxygen atoms in total. The average Bonchev–Trinajstić information content (AvgIpc) is 3.24. The molecule has 6 heteroatoms. The van der Waals surface area contributed by atoms with Crippen LogP contribution in [0.4, 0.5) is 0 Å². The maximum atomic E-state index is 5.83. The molecule has 0 aliphatic heterocycles. The zero-order chi connectivity index (χ0) is 18.4. The Morgan fingerprint density at radius 2 is 2.07 bits per heavy atom. The second kappa shape index (κ2) is 6.23. The van der Waals surface area contributed by atoms with Crippen LogP contribution in [-0.4, -0.2) is 31.2 Å². The molecule has 1 aliphatic rings. The highest BCUT2D eigenvalue weighted by molar-refractivity contribution is 5.83. The largest absolute Gasteiger partial charge is 0.496 e. The molecule has 3 aromatic heterocycles. The quantitative estimate of drug-likeness (QED) is 0.540. The summed E-state index contributed by atoms with van der Waals surface area (Å²) in [5.74, 6) is 1.77. The molecule has 0 radical (unpaired) electrons. The number of nitrogens with zero attached hydrogens (tertiary/aromatic N) is 5. The Hall–Kier alpha value is -3.15. The minimum Gasteiger partial charge on any atom is -0.496 e. The highest BCUT2D eigenvalue weighted by Gasteiger charge is 2.30. The van der Waals surface area contributed by atoms with Gasteiger partial charge in [0.1, 0.15) is 11.6 Å². The van der Waals surface area contributed by atoms with Crippen LogP contribution in [0.25, 0.3) is 22.4 Å². The summed E-state index contributed by atoms with van der Waals surface area (Å²) in [6, 6.07) is 6.94. The van der Waals surface area contributed by atoms with E-state index in [9.17, 15) is 0 Å². The number of ether oxygens (including phenoxy) is 1. The molecular formula is C21H21N5O. The highest BCUT2D eigenvalue weighted by atomic mass is 16.5. The summed E-state index contributed by atoms with van der Waals surface area (Å²) in [7, 11) is 1.71. The lowest BCUT2D eigenvalue weighted by Crippen LogP contribution is -2.04. The van der Waals surface area contributed by atoms with Crippen LogP contribution >= 0.6 is 0 Å². The van der Waals surface area contributed by atoms with E-state index in [1.54, 1.807) is 19.6 Å². The Balaban J connectivity index is 1.69. The van der Waals surface area contributed by atoms with Crippen molar-refractivity contribution < 1.29 is 4.74 Å². The van der Waals surface area contributed by atoms with Gasteiger partial charge in [0.2, 0.25) is 0 Å². The van der Waals surface area contributed by atoms with Gasteiger partial charge in [-0.15, -0.1) is 0 Å². The fourth-order valence-corrected chi connectivity index (χ4v) is 3.68. The Kier molecular flexibility index (Phi) is 3.70. The minimum absolute atomic E-state index is 0.508. The van der Waals surface area contributed by atoms with E-state index in [4.69, 9.17) is 9.72 Å². The summed E-state index contributed by atoms with van der Waals surface area (Å²) in [5, 5.41) is 0. The molecule has 0 spiro atoms. The number of hydrogen-bond acceptors (Lipinski definition) is 4. The van der Waals surface area contributed by atoms with E-state index in [0.717, 1.165) is 28.2 Å². The second-order valence-corrected chi connectivity index (χ2v) is 7.14. The van der Waals surface area contributed by atoms with Crippen molar-refractivity contribution >= 4 is 11.0 Å². The van der Waals surface area contributed by atoms with Gasteiger partial charge in [0.05, 0.1) is 36.6 Å². The SMILES string of the molecule is COc1c(Cn2ccnc2)cncc1-c1nc2ccc(C)cc2n1C1CC1. The van der Waals surface area contributed by atoms with Crippen molar-refractivity contribution in [1.29, 1.82) is 0 Å². The van der Waals surface area contributed by atoms with E-state index in [1.165, 1.54) is 23.9 Å². The maximum absolute atomic E-state index is 5.83. The van der Waals surface area contributed by atoms with Crippen molar-refractivity contribution in [3.05, 3.63) is 60.4 Å². The molecule has 0 bridgehead atoms. The molecule has 1 aromatic carbocycles. The molecular weight excluding hydrogens is 338 g/mol. The monoisotopic (exact) mass is 359 g/mol. The fraction of sp³-hybridized carbons (Fsp3) is 0.286. The first kappa shape index (κ1) is 16.1. The number of methoxy groups -OCH3 is 1. The van der Waals surface area contributed by atoms with Crippen LogP contribution in [0.2, 0.25) is 0 Å². The fourth-order valence-electron chi connectivity index (χ4n) is 3.68. The number of aromatic nitrogens is 5. The molecule has 1 saturated carbocycles. The van der Waals surface area contributed by atoms with Crippen molar-refractivity contribution in [2.75, 3.05) is 7.11 Å². The molecule has 0 unspecified atom stereocenters. The molecule has 5 rings (SSSR count). The van der Waals surface area contributed by atoms with Crippen molar-refractivity contribution in [2.24, 2.45) is 0 Å². The summed E-state index contributed by atoms with van der Waals surface area (Å²) >= 11 is 0. The highest BCUT2D eigenvalue weighted by Crippen LogP contribution is 2.43. The average molecular weight is 359 g/mol. The molecule has 1 fully saturated rings. The molecule has 0 atom stereocenters. The third-order valence-electron chi connectivity index (χ3n) is 5.08. The smallest absolute Gasteiger partial charge is 0.146 e. The van der Waals surface area contributed by atoms with Crippen molar-refractivity contribution in [3.8, 4) is 17.1 Å². The minimum atomic E-state index is 0.508. The van der Waals surface area contributed by atoms with Crippen LogP contribution in [0, 0.1) is 6.92 Å². The Bertz CT molecular complexity index is 1110. The number of pyridine rings is 1. The van der Waals surface area contributed by atoms with Gasteiger partial charge >= 0.3 is 0 Å². The number of rotatable bonds is 5. The van der Waals surface area contributed by atoms with Gasteiger partial charge in [0, 0.05) is 36.4 Å². The van der Waals surface area contributed by atoms with E-state index in [1.807, 2.05) is 23.2 Å². The van der Waals surface area contributed by atoms with Crippen LogP contribution in [0.1, 0.15) is 30.0 Å². The van der Waals surface area contributed by atoms with Gasteiger partial charge < -0.3 is 13.9 Å². The van der Waals surface area contributed by atoms with Crippen LogP contribution < -0.4 is 4.74 Å². The van der Waals surface area contributed by atoms with E-state index in [0.29, 0.717) is 12.6 Å². The molecule has 0 N–H and O–H groups in total. The first-order valence-corrected chi connectivity index (χ1v) is 9.20. The standard InChI is InChI=1S/C21H21N5O/c1-14-3-6-18-19(9-14)26(16-4-5-16)21(24-18)17-11-23-10-15(20(17)27-2)12-25-8-7-22-13-25/h3,6-11,13,16H,4-5,12H2,1-2H3. The van der Waals surface area contributed by atoms with Crippen molar-refractivity contribution in [1.82, 2.24) is 24.1 Å². The van der Waals surface area contributed by atoms with Crippen LogP contribution in [0.5, 0.6) is 5.75 Å². The normalized spacial score (nSPS) is 14.0. The summed E-state index contributed by atoms with van der Waals surface area (Å²) in [6.45, 7) is 2.78. The number of hydrogen-bond donors (Lipinski definition) is 0. The van der Waals surface area contributed by atoms with E-state index < -0.39 is 0 Å². The summed E-state index contributed by atoms with van der Waals surface area (Å²) < 4.78 is 10.2. The van der Waals surface area contributed by atoms with Gasteiger partial charge in [0.15, 0.2) is 0 Å².